The molecule has 0 aromatic heterocycles. The highest BCUT2D eigenvalue weighted by Crippen LogP contribution is 2.60. The molecule has 8 aliphatic heterocycles. The van der Waals surface area contributed by atoms with E-state index in [2.05, 4.69) is 16.1 Å². The fraction of sp³-hybridized carbons (Fsp3) is 1.00. The number of β-amino-alcohol motifs (C(OH)–C–C–N with tert-alkyl or cyclic N) is 1. The summed E-state index contributed by atoms with van der Waals surface area (Å²) in [5.74, 6) is 11.0. The third-order valence-corrected chi connectivity index (χ3v) is 18.4. The van der Waals surface area contributed by atoms with Crippen molar-refractivity contribution < 1.29 is 136 Å². The van der Waals surface area contributed by atoms with Gasteiger partial charge in [-0.05, 0) is 26.2 Å². The number of hydrogen-bond acceptors (Lipinski definition) is 39. The molecule has 43 heteroatoms. The molecule has 466 valence electrons. The van der Waals surface area contributed by atoms with Gasteiger partial charge in [0.15, 0.2) is 43.5 Å². The van der Waals surface area contributed by atoms with Crippen LogP contribution < -0.4 is 33.5 Å². The number of nitrogens with zero attached hydrogens (tertiary/aromatic N) is 5. The summed E-state index contributed by atoms with van der Waals surface area (Å²) in [5.41, 5.74) is 8.34. The van der Waals surface area contributed by atoms with E-state index in [4.69, 9.17) is 68.0 Å². The molecule has 80 heavy (non-hydrogen) atoms. The van der Waals surface area contributed by atoms with Crippen LogP contribution in [0.5, 0.6) is 0 Å². The third kappa shape index (κ3) is 16.1. The average molecular weight is 1250 g/mol. The maximum atomic E-state index is 11.7. The maximum absolute atomic E-state index is 11.7. The number of aliphatic hydroxyl groups excluding tert-OH is 9. The zero-order chi connectivity index (χ0) is 58.6. The average Bonchev–Trinajstić information content (AvgIpc) is 4.03. The third-order valence-electron chi connectivity index (χ3n) is 14.7. The van der Waals surface area contributed by atoms with Crippen molar-refractivity contribution >= 4 is 32.5 Å². The van der Waals surface area contributed by atoms with Gasteiger partial charge in [-0.15, -0.1) is 13.6 Å². The second-order valence-corrected chi connectivity index (χ2v) is 26.9. The van der Waals surface area contributed by atoms with E-state index in [0.29, 0.717) is 13.0 Å². The van der Waals surface area contributed by atoms with E-state index in [1.54, 1.807) is 0 Å². The van der Waals surface area contributed by atoms with Crippen LogP contribution in [0, 0.1) is 5.92 Å². The second kappa shape index (κ2) is 26.9. The van der Waals surface area contributed by atoms with Gasteiger partial charge in [0.2, 0.25) is 0 Å². The molecule has 26 N–H and O–H groups in total. The highest BCUT2D eigenvalue weighted by molar-refractivity contribution is 7.58. The first-order valence-corrected chi connectivity index (χ1v) is 32.1. The normalized spacial score (nSPS) is 44.0. The largest absolute Gasteiger partial charge is 0.570 e. The quantitative estimate of drug-likeness (QED) is 0.0375. The van der Waals surface area contributed by atoms with Gasteiger partial charge in [-0.25, -0.2) is 25.1 Å². The lowest BCUT2D eigenvalue weighted by Gasteiger charge is -2.40. The number of nitrogens with two attached hydrogens (primary N) is 3. The lowest BCUT2D eigenvalue weighted by Crippen LogP contribution is -2.66. The van der Waals surface area contributed by atoms with Crippen molar-refractivity contribution in [2.45, 2.75) is 162 Å². The smallest absolute Gasteiger partial charge is 0.391 e. The SMILES string of the molecule is CC1OC(C2CCN(N)CC2O)C(O)C1O[P+](O)(O)OCC1OC(N2CCN(N)NC2O)C(O)C1O[P+](O)(O)OCC1OC(N2CCC(O)NC2O)C(O)C1O[P+](O)(O)OCC1OC(N2CCC(N)NC2O)C(O)C1O[P+](C)(O)O. The summed E-state index contributed by atoms with van der Waals surface area (Å²) >= 11 is 0. The Balaban J connectivity index is 0.954. The van der Waals surface area contributed by atoms with Gasteiger partial charge in [-0.1, -0.05) is 0 Å². The molecular formula is C37H79N11O28P4+4. The molecule has 0 saturated carbocycles. The van der Waals surface area contributed by atoms with Gasteiger partial charge >= 0.3 is 32.5 Å². The number of aliphatic hydroxyl groups is 9. The zero-order valence-electron chi connectivity index (χ0n) is 43.1. The Kier molecular flexibility index (Phi) is 22.2. The van der Waals surface area contributed by atoms with Crippen molar-refractivity contribution in [2.24, 2.45) is 23.3 Å². The molecule has 0 aromatic carbocycles. The van der Waals surface area contributed by atoms with Gasteiger partial charge < -0.3 is 70.6 Å². The van der Waals surface area contributed by atoms with E-state index in [9.17, 15) is 85.1 Å². The lowest BCUT2D eigenvalue weighted by atomic mass is 9.86. The van der Waals surface area contributed by atoms with Gasteiger partial charge in [-0.3, -0.25) is 22.3 Å². The molecule has 23 unspecified atom stereocenters. The van der Waals surface area contributed by atoms with E-state index in [1.165, 1.54) is 16.8 Å². The van der Waals surface area contributed by atoms with Crippen LogP contribution in [0.2, 0.25) is 0 Å². The van der Waals surface area contributed by atoms with Crippen LogP contribution in [0.15, 0.2) is 0 Å². The van der Waals surface area contributed by atoms with Crippen LogP contribution in [0.4, 0.5) is 0 Å². The van der Waals surface area contributed by atoms with E-state index in [1.807, 2.05) is 0 Å². The van der Waals surface area contributed by atoms with E-state index < -0.39 is 194 Å². The number of piperidine rings is 1. The molecule has 8 saturated heterocycles. The van der Waals surface area contributed by atoms with Crippen LogP contribution in [0.3, 0.4) is 0 Å². The topological polar surface area (TPSA) is 576 Å². The molecular weight excluding hydrogens is 1170 g/mol. The van der Waals surface area contributed by atoms with Gasteiger partial charge in [0, 0.05) is 45.2 Å². The molecule has 0 spiro atoms. The number of rotatable bonds is 21. The van der Waals surface area contributed by atoms with E-state index in [-0.39, 0.29) is 45.6 Å². The zero-order valence-corrected chi connectivity index (χ0v) is 46.7. The number of hydrazine groups is 3. The van der Waals surface area contributed by atoms with Crippen LogP contribution >= 0.6 is 32.5 Å². The molecule has 8 heterocycles. The Hall–Kier alpha value is 0.160. The number of ether oxygens (including phenoxy) is 4. The van der Waals surface area contributed by atoms with E-state index >= 15 is 0 Å². The minimum Gasteiger partial charge on any atom is -0.391 e. The highest BCUT2D eigenvalue weighted by atomic mass is 31.2. The minimum atomic E-state index is -5.34. The van der Waals surface area contributed by atoms with Crippen LogP contribution in [-0.2, 0) is 50.6 Å². The van der Waals surface area contributed by atoms with Crippen LogP contribution in [0.1, 0.15) is 26.2 Å². The van der Waals surface area contributed by atoms with E-state index in [0.717, 1.165) is 21.6 Å². The van der Waals surface area contributed by atoms with Crippen LogP contribution in [0.25, 0.3) is 0 Å². The summed E-state index contributed by atoms with van der Waals surface area (Å²) in [7, 11) is -19.8. The second-order valence-electron chi connectivity index (χ2n) is 20.6. The van der Waals surface area contributed by atoms with Gasteiger partial charge in [0.1, 0.15) is 94.1 Å². The molecule has 8 aliphatic rings. The first-order valence-electron chi connectivity index (χ1n) is 25.4. The van der Waals surface area contributed by atoms with Crippen molar-refractivity contribution in [3.63, 3.8) is 0 Å². The molecule has 8 rings (SSSR count). The number of nitrogens with one attached hydrogen (secondary N) is 3. The Morgan fingerprint density at radius 2 is 0.975 bits per heavy atom. The summed E-state index contributed by atoms with van der Waals surface area (Å²) in [4.78, 5) is 91.4. The fourth-order valence-electron chi connectivity index (χ4n) is 10.8. The minimum absolute atomic E-state index is 0.0327. The maximum Gasteiger partial charge on any atom is 0.570 e. The Morgan fingerprint density at radius 3 is 1.43 bits per heavy atom. The van der Waals surface area contributed by atoms with Gasteiger partial charge in [-0.2, -0.15) is 62.4 Å². The Labute approximate surface area is 459 Å². The summed E-state index contributed by atoms with van der Waals surface area (Å²) < 4.78 is 61.7. The first kappa shape index (κ1) is 66.1. The summed E-state index contributed by atoms with van der Waals surface area (Å²) in [6.07, 6.45) is -32.8. The van der Waals surface area contributed by atoms with Crippen molar-refractivity contribution in [3.8, 4) is 0 Å². The molecule has 39 nitrogen and oxygen atoms in total. The summed E-state index contributed by atoms with van der Waals surface area (Å²) in [5, 5.41) is 106. The predicted molar refractivity (Wildman–Crippen MR) is 265 cm³/mol. The molecule has 23 atom stereocenters. The molecule has 8 fully saturated rings. The molecule has 0 aliphatic carbocycles. The predicted octanol–water partition coefficient (Wildman–Crippen LogP) is -11.1. The highest BCUT2D eigenvalue weighted by Gasteiger charge is 2.63. The number of hydrogen-bond donors (Lipinski definition) is 23. The lowest BCUT2D eigenvalue weighted by molar-refractivity contribution is -0.201. The molecule has 0 bridgehead atoms. The van der Waals surface area contributed by atoms with Crippen molar-refractivity contribution in [1.82, 2.24) is 40.9 Å². The van der Waals surface area contributed by atoms with Crippen LogP contribution in [-0.4, -0.2) is 311 Å². The van der Waals surface area contributed by atoms with Crippen molar-refractivity contribution in [3.05, 3.63) is 0 Å². The molecule has 0 radical (unpaired) electrons. The molecule has 0 amide bonds. The fourth-order valence-corrected chi connectivity index (χ4v) is 14.5. The van der Waals surface area contributed by atoms with Gasteiger partial charge in [0.25, 0.3) is 0 Å². The van der Waals surface area contributed by atoms with Crippen molar-refractivity contribution in [2.75, 3.05) is 65.8 Å². The van der Waals surface area contributed by atoms with Crippen molar-refractivity contribution in [1.29, 1.82) is 0 Å². The Morgan fingerprint density at radius 1 is 0.525 bits per heavy atom. The first-order chi connectivity index (χ1) is 37.3. The standard InChI is InChI=1S/C37H79N11O28P4/c1-15-27(23(51)28(69-15)16-3-6-44(39)11-17(16)49)74-78(60,61)66-13-20-31(26(54)34(72-20)47-9-10-48(40)43-37(47)57)76-80(64,65)68-14-19-30(25(53)33(71-19)46-8-5-22(50)42-36(46)56)75-79(62,63)67-12-18-29(73-77(2,58)59)24(52)32(70-18)45-7-4-21(38)41-35(45)55/h15-37,41-43,49-65H,3-14,38-40H2,1-2H3/q+4. The summed E-state index contributed by atoms with van der Waals surface area (Å²) in [6.45, 7) is -0.258. The monoisotopic (exact) mass is 1250 g/mol. The Bertz CT molecular complexity index is 2000. The van der Waals surface area contributed by atoms with Gasteiger partial charge in [0.05, 0.1) is 24.5 Å². The molecule has 0 aromatic rings. The summed E-state index contributed by atoms with van der Waals surface area (Å²) in [6, 6.07) is 0.